The van der Waals surface area contributed by atoms with Crippen LogP contribution in [-0.4, -0.2) is 48.9 Å². The van der Waals surface area contributed by atoms with Gasteiger partial charge >= 0.3 is 0 Å². The van der Waals surface area contributed by atoms with Gasteiger partial charge in [0.05, 0.1) is 6.54 Å². The topological polar surface area (TPSA) is 54.9 Å². The van der Waals surface area contributed by atoms with E-state index in [1.54, 1.807) is 0 Å². The van der Waals surface area contributed by atoms with Gasteiger partial charge in [-0.15, -0.1) is 0 Å². The van der Waals surface area contributed by atoms with Crippen molar-refractivity contribution in [1.29, 1.82) is 0 Å². The highest BCUT2D eigenvalue weighted by molar-refractivity contribution is 5.95. The molecule has 3 aliphatic heterocycles. The molecular weight excluding hydrogens is 420 g/mol. The molecule has 0 radical (unpaired) electrons. The molecule has 0 saturated carbocycles. The van der Waals surface area contributed by atoms with Crippen molar-refractivity contribution in [3.05, 3.63) is 83.9 Å². The molecule has 1 saturated heterocycles. The predicted molar refractivity (Wildman–Crippen MR) is 145 cm³/mol. The normalized spacial score (nSPS) is 22.6. The van der Waals surface area contributed by atoms with E-state index >= 15 is 0 Å². The number of nitrogens with zero attached hydrogens (tertiary/aromatic N) is 3. The van der Waals surface area contributed by atoms with E-state index in [1.165, 1.54) is 18.4 Å². The Morgan fingerprint density at radius 1 is 1.32 bits per heavy atom. The zero-order valence-corrected chi connectivity index (χ0v) is 21.6. The van der Waals surface area contributed by atoms with Gasteiger partial charge in [-0.25, -0.2) is 0 Å². The highest BCUT2D eigenvalue weighted by atomic mass is 15.3. The number of aliphatic imine (C=N–C) groups is 1. The van der Waals surface area contributed by atoms with Crippen molar-refractivity contribution in [2.45, 2.75) is 40.5 Å². The summed E-state index contributed by atoms with van der Waals surface area (Å²) in [7, 11) is 2.07. The quantitative estimate of drug-likeness (QED) is 0.492. The number of hydrogen-bond donors (Lipinski definition) is 3. The Bertz CT molecular complexity index is 953. The molecule has 3 heterocycles. The van der Waals surface area contributed by atoms with Crippen molar-refractivity contribution in [2.75, 3.05) is 33.2 Å². The number of amidine groups is 1. The summed E-state index contributed by atoms with van der Waals surface area (Å²) in [5.41, 5.74) is 4.39. The summed E-state index contributed by atoms with van der Waals surface area (Å²) in [4.78, 5) is 9.36. The summed E-state index contributed by atoms with van der Waals surface area (Å²) in [6.07, 6.45) is 14.8. The van der Waals surface area contributed by atoms with Gasteiger partial charge in [-0.2, -0.15) is 0 Å². The lowest BCUT2D eigenvalue weighted by atomic mass is 9.98. The molecule has 34 heavy (non-hydrogen) atoms. The highest BCUT2D eigenvalue weighted by Gasteiger charge is 2.23. The third-order valence-electron chi connectivity index (χ3n) is 6.65. The number of allylic oxidation sites excluding steroid dienone is 7. The number of rotatable bonds is 8. The molecule has 0 atom stereocenters. The zero-order chi connectivity index (χ0) is 24.7. The van der Waals surface area contributed by atoms with Crippen LogP contribution in [0.3, 0.4) is 0 Å². The van der Waals surface area contributed by atoms with Crippen molar-refractivity contribution in [3.8, 4) is 0 Å². The van der Waals surface area contributed by atoms with E-state index in [1.807, 2.05) is 18.2 Å². The largest absolute Gasteiger partial charge is 0.371 e. The summed E-state index contributed by atoms with van der Waals surface area (Å²) in [6.45, 7) is 20.6. The fourth-order valence-corrected chi connectivity index (χ4v) is 4.58. The van der Waals surface area contributed by atoms with Gasteiger partial charge in [-0.05, 0) is 69.3 Å². The Morgan fingerprint density at radius 2 is 2.06 bits per heavy atom. The monoisotopic (exact) mass is 462 g/mol. The van der Waals surface area contributed by atoms with E-state index in [0.717, 1.165) is 54.2 Å². The summed E-state index contributed by atoms with van der Waals surface area (Å²) >= 11 is 0. The van der Waals surface area contributed by atoms with Crippen molar-refractivity contribution >= 4 is 5.84 Å². The average molecular weight is 463 g/mol. The highest BCUT2D eigenvalue weighted by Crippen LogP contribution is 2.25. The summed E-state index contributed by atoms with van der Waals surface area (Å²) in [5, 5.41) is 10.7. The van der Waals surface area contributed by atoms with Crippen LogP contribution in [0.4, 0.5) is 0 Å². The Labute approximate surface area is 206 Å². The van der Waals surface area contributed by atoms with Gasteiger partial charge in [0.1, 0.15) is 17.5 Å². The van der Waals surface area contributed by atoms with Crippen LogP contribution in [0, 0.1) is 11.8 Å². The van der Waals surface area contributed by atoms with Crippen molar-refractivity contribution < 1.29 is 0 Å². The lowest BCUT2D eigenvalue weighted by Crippen LogP contribution is -2.44. The van der Waals surface area contributed by atoms with Crippen LogP contribution in [-0.2, 0) is 0 Å². The SMILES string of the molecule is C=C/C(=C1/NC(NCC2CCNCC2)=CC(=NC/C(=C/C)N2C(=C)C=CC=C2C)N1C)C(C)C. The summed E-state index contributed by atoms with van der Waals surface area (Å²) in [6, 6.07) is 0. The smallest absolute Gasteiger partial charge is 0.132 e. The lowest BCUT2D eigenvalue weighted by Gasteiger charge is -2.34. The number of piperidine rings is 1. The van der Waals surface area contributed by atoms with Gasteiger partial charge < -0.3 is 25.8 Å². The molecule has 6 heteroatoms. The maximum atomic E-state index is 5.06. The Morgan fingerprint density at radius 3 is 2.68 bits per heavy atom. The van der Waals surface area contributed by atoms with Crippen LogP contribution in [0.5, 0.6) is 0 Å². The molecule has 3 aliphatic rings. The minimum atomic E-state index is 0.342. The Balaban J connectivity index is 1.87. The molecule has 0 aromatic carbocycles. The Hall–Kier alpha value is -2.99. The Kier molecular flexibility index (Phi) is 8.99. The van der Waals surface area contributed by atoms with Crippen LogP contribution < -0.4 is 16.0 Å². The average Bonchev–Trinajstić information content (AvgIpc) is 2.82. The van der Waals surface area contributed by atoms with Crippen molar-refractivity contribution in [1.82, 2.24) is 25.8 Å². The van der Waals surface area contributed by atoms with Gasteiger partial charge in [0.2, 0.25) is 0 Å². The molecule has 0 bridgehead atoms. The second-order valence-corrected chi connectivity index (χ2v) is 9.43. The second kappa shape index (κ2) is 11.9. The van der Waals surface area contributed by atoms with Gasteiger partial charge in [0, 0.05) is 36.8 Å². The zero-order valence-electron chi connectivity index (χ0n) is 21.6. The molecule has 0 spiro atoms. The maximum Gasteiger partial charge on any atom is 0.132 e. The van der Waals surface area contributed by atoms with Gasteiger partial charge in [-0.3, -0.25) is 4.99 Å². The van der Waals surface area contributed by atoms with E-state index < -0.39 is 0 Å². The first-order chi connectivity index (χ1) is 16.3. The minimum Gasteiger partial charge on any atom is -0.371 e. The van der Waals surface area contributed by atoms with Gasteiger partial charge in [-0.1, -0.05) is 45.2 Å². The standard InChI is InChI=1S/C28H42N6/c1-8-24(34-21(5)11-10-12-22(34)6)19-31-27-17-26(30-18-23-13-15-29-16-14-23)32-28(33(27)7)25(9-2)20(3)4/h8-12,17,20,23,29-30,32H,2,5,13-16,18-19H2,1,3-4,6-7H3/b24-8-,28-25+,31-27?. The minimum absolute atomic E-state index is 0.342. The van der Waals surface area contributed by atoms with Crippen molar-refractivity contribution in [3.63, 3.8) is 0 Å². The van der Waals surface area contributed by atoms with Crippen LogP contribution in [0.1, 0.15) is 40.5 Å². The molecule has 0 unspecified atom stereocenters. The van der Waals surface area contributed by atoms with E-state index in [9.17, 15) is 0 Å². The molecule has 6 nitrogen and oxygen atoms in total. The number of hydrogen-bond acceptors (Lipinski definition) is 5. The summed E-state index contributed by atoms with van der Waals surface area (Å²) in [5.74, 6) is 3.97. The maximum absolute atomic E-state index is 5.06. The lowest BCUT2D eigenvalue weighted by molar-refractivity contribution is 0.362. The fourth-order valence-electron chi connectivity index (χ4n) is 4.58. The molecule has 3 rings (SSSR count). The molecule has 0 aliphatic carbocycles. The first kappa shape index (κ1) is 25.6. The molecule has 3 N–H and O–H groups in total. The molecule has 184 valence electrons. The summed E-state index contributed by atoms with van der Waals surface area (Å²) < 4.78 is 0. The molecule has 0 amide bonds. The first-order valence-electron chi connectivity index (χ1n) is 12.4. The third-order valence-corrected chi connectivity index (χ3v) is 6.65. The van der Waals surface area contributed by atoms with Gasteiger partial charge in [0.25, 0.3) is 0 Å². The van der Waals surface area contributed by atoms with Gasteiger partial charge in [0.15, 0.2) is 0 Å². The van der Waals surface area contributed by atoms with Crippen LogP contribution in [0.2, 0.25) is 0 Å². The number of nitrogens with one attached hydrogen (secondary N) is 3. The second-order valence-electron chi connectivity index (χ2n) is 9.43. The predicted octanol–water partition coefficient (Wildman–Crippen LogP) is 4.60. The fraction of sp³-hybridized carbons (Fsp3) is 0.464. The number of likely N-dealkylation sites (N-methyl/N-ethyl adjacent to an activating group) is 1. The van der Waals surface area contributed by atoms with Crippen LogP contribution in [0.25, 0.3) is 0 Å². The molecule has 0 aromatic rings. The van der Waals surface area contributed by atoms with Crippen LogP contribution in [0.15, 0.2) is 88.9 Å². The molecular formula is C28H42N6. The molecule has 1 fully saturated rings. The van der Waals surface area contributed by atoms with E-state index in [0.29, 0.717) is 18.4 Å². The molecule has 0 aromatic heterocycles. The third kappa shape index (κ3) is 6.11. The van der Waals surface area contributed by atoms with E-state index in [-0.39, 0.29) is 0 Å². The van der Waals surface area contributed by atoms with E-state index in [4.69, 9.17) is 4.99 Å². The first-order valence-corrected chi connectivity index (χ1v) is 12.4. The van der Waals surface area contributed by atoms with Crippen LogP contribution >= 0.6 is 0 Å². The van der Waals surface area contributed by atoms with Crippen molar-refractivity contribution in [2.24, 2.45) is 16.8 Å². The van der Waals surface area contributed by atoms with E-state index in [2.05, 4.69) is 91.9 Å².